The van der Waals surface area contributed by atoms with Gasteiger partial charge in [-0.15, -0.1) is 0 Å². The molecule has 2 fully saturated rings. The molecule has 3 unspecified atom stereocenters. The second kappa shape index (κ2) is 3.18. The minimum absolute atomic E-state index is 0.399. The minimum atomic E-state index is 0.399. The first kappa shape index (κ1) is 7.66. The number of rotatable bonds is 1. The molecule has 0 amide bonds. The Labute approximate surface area is 71.9 Å². The molecule has 0 aromatic heterocycles. The molecule has 3 atom stereocenters. The highest BCUT2D eigenvalue weighted by molar-refractivity contribution is 7.99. The SMILES string of the molecule is O=CC1CC2CCCSC2C1. The Morgan fingerprint density at radius 1 is 1.36 bits per heavy atom. The summed E-state index contributed by atoms with van der Waals surface area (Å²) in [4.78, 5) is 10.5. The molecule has 0 radical (unpaired) electrons. The van der Waals surface area contributed by atoms with Gasteiger partial charge in [0, 0.05) is 11.2 Å². The third-order valence-electron chi connectivity index (χ3n) is 2.91. The molecule has 0 N–H and O–H groups in total. The number of fused-ring (bicyclic) bond motifs is 1. The number of carbonyl (C=O) groups is 1. The molecule has 2 heteroatoms. The smallest absolute Gasteiger partial charge is 0.123 e. The largest absolute Gasteiger partial charge is 0.303 e. The van der Waals surface area contributed by atoms with E-state index in [0.29, 0.717) is 5.92 Å². The topological polar surface area (TPSA) is 17.1 Å². The molecule has 1 saturated heterocycles. The van der Waals surface area contributed by atoms with E-state index in [1.165, 1.54) is 37.7 Å². The van der Waals surface area contributed by atoms with E-state index in [2.05, 4.69) is 11.8 Å². The molecular formula is C9H14OS. The fraction of sp³-hybridized carbons (Fsp3) is 0.889. The lowest BCUT2D eigenvalue weighted by Gasteiger charge is -2.23. The van der Waals surface area contributed by atoms with E-state index < -0.39 is 0 Å². The van der Waals surface area contributed by atoms with Gasteiger partial charge in [0.1, 0.15) is 6.29 Å². The summed E-state index contributed by atoms with van der Waals surface area (Å²) in [5, 5.41) is 0.832. The van der Waals surface area contributed by atoms with Gasteiger partial charge in [-0.05, 0) is 37.4 Å². The molecule has 2 aliphatic rings. The van der Waals surface area contributed by atoms with Gasteiger partial charge in [-0.3, -0.25) is 0 Å². The second-order valence-electron chi connectivity index (χ2n) is 3.68. The predicted octanol–water partition coefficient (Wildman–Crippen LogP) is 2.11. The van der Waals surface area contributed by atoms with E-state index in [1.54, 1.807) is 0 Å². The van der Waals surface area contributed by atoms with Crippen LogP contribution in [0.15, 0.2) is 0 Å². The van der Waals surface area contributed by atoms with Gasteiger partial charge in [0.15, 0.2) is 0 Å². The summed E-state index contributed by atoms with van der Waals surface area (Å²) in [5.74, 6) is 2.60. The number of hydrogen-bond acceptors (Lipinski definition) is 2. The van der Waals surface area contributed by atoms with Crippen LogP contribution in [-0.2, 0) is 4.79 Å². The van der Waals surface area contributed by atoms with Crippen LogP contribution in [0.4, 0.5) is 0 Å². The normalized spacial score (nSPS) is 43.5. The highest BCUT2D eigenvalue weighted by atomic mass is 32.2. The molecule has 0 aromatic carbocycles. The van der Waals surface area contributed by atoms with Gasteiger partial charge in [-0.25, -0.2) is 0 Å². The number of aldehydes is 1. The number of thioether (sulfide) groups is 1. The summed E-state index contributed by atoms with van der Waals surface area (Å²) >= 11 is 2.09. The van der Waals surface area contributed by atoms with Crippen LogP contribution in [0.3, 0.4) is 0 Å². The van der Waals surface area contributed by atoms with Crippen molar-refractivity contribution < 1.29 is 4.79 Å². The van der Waals surface area contributed by atoms with E-state index in [-0.39, 0.29) is 0 Å². The van der Waals surface area contributed by atoms with Gasteiger partial charge < -0.3 is 4.79 Å². The first-order valence-electron chi connectivity index (χ1n) is 4.47. The lowest BCUT2D eigenvalue weighted by atomic mass is 10.0. The summed E-state index contributed by atoms with van der Waals surface area (Å²) in [6.45, 7) is 0. The van der Waals surface area contributed by atoms with Crippen LogP contribution in [-0.4, -0.2) is 17.3 Å². The van der Waals surface area contributed by atoms with Crippen molar-refractivity contribution >= 4 is 18.0 Å². The van der Waals surface area contributed by atoms with Gasteiger partial charge in [0.05, 0.1) is 0 Å². The highest BCUT2D eigenvalue weighted by Gasteiger charge is 2.35. The molecule has 0 spiro atoms. The maximum Gasteiger partial charge on any atom is 0.123 e. The van der Waals surface area contributed by atoms with Crippen molar-refractivity contribution in [2.24, 2.45) is 11.8 Å². The Kier molecular flexibility index (Phi) is 2.21. The molecule has 2 rings (SSSR count). The fourth-order valence-corrected chi connectivity index (χ4v) is 3.87. The molecule has 62 valence electrons. The average Bonchev–Trinajstić information content (AvgIpc) is 2.46. The third kappa shape index (κ3) is 1.46. The van der Waals surface area contributed by atoms with Crippen LogP contribution in [0.25, 0.3) is 0 Å². The van der Waals surface area contributed by atoms with Crippen molar-refractivity contribution in [3.8, 4) is 0 Å². The van der Waals surface area contributed by atoms with E-state index in [1.807, 2.05) is 0 Å². The molecule has 0 bridgehead atoms. The zero-order valence-corrected chi connectivity index (χ0v) is 7.48. The first-order valence-corrected chi connectivity index (χ1v) is 5.52. The van der Waals surface area contributed by atoms with E-state index in [4.69, 9.17) is 0 Å². The minimum Gasteiger partial charge on any atom is -0.303 e. The molecule has 1 nitrogen and oxygen atoms in total. The Balaban J connectivity index is 1.97. The van der Waals surface area contributed by atoms with Crippen molar-refractivity contribution in [2.75, 3.05) is 5.75 Å². The van der Waals surface area contributed by atoms with Crippen molar-refractivity contribution in [1.82, 2.24) is 0 Å². The van der Waals surface area contributed by atoms with Crippen molar-refractivity contribution in [3.05, 3.63) is 0 Å². The van der Waals surface area contributed by atoms with Crippen LogP contribution in [0.2, 0.25) is 0 Å². The monoisotopic (exact) mass is 170 g/mol. The zero-order valence-electron chi connectivity index (χ0n) is 6.66. The van der Waals surface area contributed by atoms with Crippen LogP contribution >= 0.6 is 11.8 Å². The first-order chi connectivity index (χ1) is 5.40. The molecule has 0 aromatic rings. The van der Waals surface area contributed by atoms with E-state index in [0.717, 1.165) is 11.2 Å². The van der Waals surface area contributed by atoms with Crippen LogP contribution in [0.1, 0.15) is 25.7 Å². The molecular weight excluding hydrogens is 156 g/mol. The highest BCUT2D eigenvalue weighted by Crippen LogP contribution is 2.43. The van der Waals surface area contributed by atoms with Gasteiger partial charge in [0.25, 0.3) is 0 Å². The van der Waals surface area contributed by atoms with Gasteiger partial charge in [0.2, 0.25) is 0 Å². The van der Waals surface area contributed by atoms with Crippen LogP contribution < -0.4 is 0 Å². The summed E-state index contributed by atoms with van der Waals surface area (Å²) in [6, 6.07) is 0. The molecule has 11 heavy (non-hydrogen) atoms. The summed E-state index contributed by atoms with van der Waals surface area (Å²) in [7, 11) is 0. The summed E-state index contributed by atoms with van der Waals surface area (Å²) in [6.07, 6.45) is 6.26. The maximum atomic E-state index is 10.5. The molecule has 1 saturated carbocycles. The summed E-state index contributed by atoms with van der Waals surface area (Å²) in [5.41, 5.74) is 0. The van der Waals surface area contributed by atoms with Crippen molar-refractivity contribution in [2.45, 2.75) is 30.9 Å². The lowest BCUT2D eigenvalue weighted by Crippen LogP contribution is -2.15. The van der Waals surface area contributed by atoms with Crippen LogP contribution in [0.5, 0.6) is 0 Å². The van der Waals surface area contributed by atoms with Crippen molar-refractivity contribution in [3.63, 3.8) is 0 Å². The van der Waals surface area contributed by atoms with Gasteiger partial charge in [-0.2, -0.15) is 11.8 Å². The molecule has 1 aliphatic heterocycles. The summed E-state index contributed by atoms with van der Waals surface area (Å²) < 4.78 is 0. The average molecular weight is 170 g/mol. The lowest BCUT2D eigenvalue weighted by molar-refractivity contribution is -0.110. The number of carbonyl (C=O) groups excluding carboxylic acids is 1. The third-order valence-corrected chi connectivity index (χ3v) is 4.44. The number of hydrogen-bond donors (Lipinski definition) is 0. The maximum absolute atomic E-state index is 10.5. The Morgan fingerprint density at radius 3 is 3.00 bits per heavy atom. The predicted molar refractivity (Wildman–Crippen MR) is 47.8 cm³/mol. The molecule has 1 heterocycles. The second-order valence-corrected chi connectivity index (χ2v) is 5.03. The van der Waals surface area contributed by atoms with E-state index in [9.17, 15) is 4.79 Å². The van der Waals surface area contributed by atoms with Gasteiger partial charge >= 0.3 is 0 Å². The standard InChI is InChI=1S/C9H14OS/c10-6-7-4-8-2-1-3-11-9(8)5-7/h6-9H,1-5H2. The van der Waals surface area contributed by atoms with E-state index >= 15 is 0 Å². The Bertz CT molecular complexity index is 144. The van der Waals surface area contributed by atoms with Crippen LogP contribution in [0, 0.1) is 11.8 Å². The van der Waals surface area contributed by atoms with Crippen molar-refractivity contribution in [1.29, 1.82) is 0 Å². The van der Waals surface area contributed by atoms with Gasteiger partial charge in [-0.1, -0.05) is 0 Å². The quantitative estimate of drug-likeness (QED) is 0.561. The Hall–Kier alpha value is 0.0200. The molecule has 1 aliphatic carbocycles. The zero-order chi connectivity index (χ0) is 7.68. The Morgan fingerprint density at radius 2 is 2.27 bits per heavy atom. The fourth-order valence-electron chi connectivity index (χ4n) is 2.33.